The van der Waals surface area contributed by atoms with Gasteiger partial charge >= 0.3 is 0 Å². The molecule has 0 amide bonds. The highest BCUT2D eigenvalue weighted by Gasteiger charge is 1.91. The predicted molar refractivity (Wildman–Crippen MR) is 35.5 cm³/mol. The van der Waals surface area contributed by atoms with Crippen LogP contribution in [-0.2, 0) is 0 Å². The van der Waals surface area contributed by atoms with Crippen LogP contribution in [0.4, 0.5) is 5.82 Å². The van der Waals surface area contributed by atoms with E-state index in [1.807, 2.05) is 19.9 Å². The fourth-order valence-corrected chi connectivity index (χ4v) is 0.820. The highest BCUT2D eigenvalue weighted by Crippen LogP contribution is 2.05. The summed E-state index contributed by atoms with van der Waals surface area (Å²) < 4.78 is 0. The van der Waals surface area contributed by atoms with Gasteiger partial charge < -0.3 is 0 Å². The molecule has 0 N–H and O–H groups in total. The van der Waals surface area contributed by atoms with Crippen molar-refractivity contribution >= 4 is 5.82 Å². The third-order valence-electron chi connectivity index (χ3n) is 1.08. The molecule has 0 atom stereocenters. The maximum Gasteiger partial charge on any atom is 0.174 e. The van der Waals surface area contributed by atoms with E-state index in [4.69, 9.17) is 5.73 Å². The molecule has 2 heteroatoms. The van der Waals surface area contributed by atoms with E-state index >= 15 is 0 Å². The summed E-state index contributed by atoms with van der Waals surface area (Å²) in [7, 11) is 0. The van der Waals surface area contributed by atoms with Crippen LogP contribution in [0.1, 0.15) is 11.3 Å². The quantitative estimate of drug-likeness (QED) is 0.509. The molecule has 1 aromatic heterocycles. The molecule has 0 saturated carbocycles. The summed E-state index contributed by atoms with van der Waals surface area (Å²) in [5.41, 5.74) is 10.8. The molecule has 0 aliphatic carbocycles. The maximum atomic E-state index is 8.88. The average molecular weight is 120 g/mol. The highest BCUT2D eigenvalue weighted by molar-refractivity contribution is 5.30. The molecule has 46 valence electrons. The fourth-order valence-electron chi connectivity index (χ4n) is 0.820. The first-order valence-corrected chi connectivity index (χ1v) is 2.83. The first kappa shape index (κ1) is 6.08. The number of pyridine rings is 1. The van der Waals surface area contributed by atoms with Crippen LogP contribution in [0, 0.1) is 13.8 Å². The van der Waals surface area contributed by atoms with Crippen LogP contribution in [0.3, 0.4) is 0 Å². The Morgan fingerprint density at radius 1 is 1.33 bits per heavy atom. The second kappa shape index (κ2) is 2.05. The monoisotopic (exact) mass is 120 g/mol. The molecule has 0 aliphatic heterocycles. The third-order valence-corrected chi connectivity index (χ3v) is 1.08. The van der Waals surface area contributed by atoms with E-state index in [9.17, 15) is 0 Å². The Bertz CT molecular complexity index is 168. The van der Waals surface area contributed by atoms with Crippen molar-refractivity contribution in [1.82, 2.24) is 10.7 Å². The minimum Gasteiger partial charge on any atom is -0.232 e. The number of hydrogen-bond acceptors (Lipinski definition) is 1. The Morgan fingerprint density at radius 2 is 2.00 bits per heavy atom. The molecule has 0 aromatic carbocycles. The van der Waals surface area contributed by atoms with Crippen molar-refractivity contribution in [2.24, 2.45) is 0 Å². The first-order chi connectivity index (χ1) is 4.18. The molecule has 1 aromatic rings. The van der Waals surface area contributed by atoms with Crippen molar-refractivity contribution in [3.05, 3.63) is 23.4 Å². The largest absolute Gasteiger partial charge is 0.232 e. The topological polar surface area (TPSA) is 35.2 Å². The number of rotatable bonds is 0. The van der Waals surface area contributed by atoms with Gasteiger partial charge in [-0.25, -0.2) is 4.98 Å². The summed E-state index contributed by atoms with van der Waals surface area (Å²) in [4.78, 5) is 3.79. The van der Waals surface area contributed by atoms with Crippen LogP contribution in [0.15, 0.2) is 12.1 Å². The number of hydrogen-bond donors (Lipinski definition) is 0. The summed E-state index contributed by atoms with van der Waals surface area (Å²) in [5, 5.41) is 0. The second-order valence-electron chi connectivity index (χ2n) is 2.14. The summed E-state index contributed by atoms with van der Waals surface area (Å²) in [5.74, 6) is 0.104. The molecule has 1 heterocycles. The zero-order valence-corrected chi connectivity index (χ0v) is 5.55. The van der Waals surface area contributed by atoms with Crippen molar-refractivity contribution < 1.29 is 0 Å². The van der Waals surface area contributed by atoms with Crippen LogP contribution >= 0.6 is 0 Å². The van der Waals surface area contributed by atoms with E-state index in [1.54, 1.807) is 6.07 Å². The second-order valence-corrected chi connectivity index (χ2v) is 2.14. The van der Waals surface area contributed by atoms with Gasteiger partial charge in [0.05, 0.1) is 0 Å². The van der Waals surface area contributed by atoms with E-state index < -0.39 is 0 Å². The fraction of sp³-hybridized carbons (Fsp3) is 0.286. The van der Waals surface area contributed by atoms with E-state index in [1.165, 1.54) is 0 Å². The van der Waals surface area contributed by atoms with Gasteiger partial charge in [-0.15, -0.1) is 5.73 Å². The molecule has 0 bridgehead atoms. The van der Waals surface area contributed by atoms with Crippen molar-refractivity contribution in [3.8, 4) is 0 Å². The van der Waals surface area contributed by atoms with Crippen molar-refractivity contribution in [2.75, 3.05) is 0 Å². The Balaban J connectivity index is 3.17. The minimum absolute atomic E-state index is 0.104. The number of aryl methyl sites for hydroxylation is 2. The summed E-state index contributed by atoms with van der Waals surface area (Å²) in [6.45, 7) is 3.78. The van der Waals surface area contributed by atoms with Crippen LogP contribution in [0.5, 0.6) is 0 Å². The highest BCUT2D eigenvalue weighted by atomic mass is 14.8. The van der Waals surface area contributed by atoms with Gasteiger partial charge in [0, 0.05) is 5.69 Å². The van der Waals surface area contributed by atoms with Gasteiger partial charge in [-0.2, -0.15) is 0 Å². The van der Waals surface area contributed by atoms with Crippen molar-refractivity contribution in [3.63, 3.8) is 0 Å². The number of nitrogens with zero attached hydrogens (tertiary/aromatic N) is 2. The number of aromatic nitrogens is 1. The first-order valence-electron chi connectivity index (χ1n) is 2.83. The normalized spacial score (nSPS) is 9.56. The lowest BCUT2D eigenvalue weighted by Crippen LogP contribution is -1.83. The average Bonchev–Trinajstić information content (AvgIpc) is 1.59. The minimum atomic E-state index is 0.104. The Hall–Kier alpha value is -1.05. The summed E-state index contributed by atoms with van der Waals surface area (Å²) in [6, 6.07) is 3.55. The van der Waals surface area contributed by atoms with Gasteiger partial charge in [0.15, 0.2) is 5.82 Å². The lowest BCUT2D eigenvalue weighted by Gasteiger charge is -1.93. The molecule has 2 nitrogen and oxygen atoms in total. The lowest BCUT2D eigenvalue weighted by atomic mass is 10.2. The molecular weight excluding hydrogens is 112 g/mol. The third kappa shape index (κ3) is 1.42. The Morgan fingerprint density at radius 3 is 2.44 bits per heavy atom. The van der Waals surface area contributed by atoms with Gasteiger partial charge in [0.25, 0.3) is 0 Å². The Labute approximate surface area is 54.7 Å². The van der Waals surface area contributed by atoms with Crippen LogP contribution in [0.2, 0.25) is 0 Å². The van der Waals surface area contributed by atoms with Crippen LogP contribution < -0.4 is 5.73 Å². The van der Waals surface area contributed by atoms with E-state index in [0.717, 1.165) is 11.3 Å². The van der Waals surface area contributed by atoms with E-state index in [0.29, 0.717) is 0 Å². The molecule has 9 heavy (non-hydrogen) atoms. The van der Waals surface area contributed by atoms with Gasteiger partial charge in [-0.05, 0) is 31.5 Å². The maximum absolute atomic E-state index is 8.88. The standard InChI is InChI=1S/C7H8N2/c1-5-3-6(2)9-7(8)4-5/h3-4H,1-2H3. The SMILES string of the molecule is Cc1cc(C)nc([N])c1. The van der Waals surface area contributed by atoms with E-state index in [2.05, 4.69) is 4.98 Å². The molecule has 0 fully saturated rings. The molecule has 0 aliphatic rings. The summed E-state index contributed by atoms with van der Waals surface area (Å²) in [6.07, 6.45) is 0. The Kier molecular flexibility index (Phi) is 1.39. The van der Waals surface area contributed by atoms with Crippen molar-refractivity contribution in [1.29, 1.82) is 0 Å². The molecule has 1 rings (SSSR count). The molecular formula is C7H8N2. The van der Waals surface area contributed by atoms with Crippen LogP contribution in [0.25, 0.3) is 0 Å². The lowest BCUT2D eigenvalue weighted by molar-refractivity contribution is 1.15. The molecule has 0 unspecified atom stereocenters. The van der Waals surface area contributed by atoms with Gasteiger partial charge in [-0.1, -0.05) is 0 Å². The smallest absolute Gasteiger partial charge is 0.174 e. The zero-order chi connectivity index (χ0) is 6.85. The molecule has 0 saturated heterocycles. The van der Waals surface area contributed by atoms with Crippen molar-refractivity contribution in [2.45, 2.75) is 13.8 Å². The predicted octanol–water partition coefficient (Wildman–Crippen LogP) is 1.40. The van der Waals surface area contributed by atoms with Gasteiger partial charge in [0.1, 0.15) is 0 Å². The zero-order valence-electron chi connectivity index (χ0n) is 5.55. The molecule has 0 spiro atoms. The van der Waals surface area contributed by atoms with E-state index in [-0.39, 0.29) is 5.82 Å². The molecule has 2 radical (unpaired) electrons. The summed E-state index contributed by atoms with van der Waals surface area (Å²) >= 11 is 0. The van der Waals surface area contributed by atoms with Gasteiger partial charge in [-0.3, -0.25) is 0 Å². The van der Waals surface area contributed by atoms with Crippen LogP contribution in [-0.4, -0.2) is 4.98 Å². The van der Waals surface area contributed by atoms with Gasteiger partial charge in [0.2, 0.25) is 0 Å².